The van der Waals surface area contributed by atoms with Crippen LogP contribution in [0.5, 0.6) is 0 Å². The summed E-state index contributed by atoms with van der Waals surface area (Å²) in [5, 5.41) is 13.4. The fourth-order valence-electron chi connectivity index (χ4n) is 4.85. The van der Waals surface area contributed by atoms with Gasteiger partial charge in [-0.25, -0.2) is 0 Å². The summed E-state index contributed by atoms with van der Waals surface area (Å²) in [6, 6.07) is 2.09. The molecule has 4 fully saturated rings. The van der Waals surface area contributed by atoms with Crippen LogP contribution in [0.3, 0.4) is 0 Å². The molecule has 4 saturated carbocycles. The second-order valence-electron chi connectivity index (χ2n) is 6.23. The molecule has 4 aliphatic carbocycles. The molecule has 0 radical (unpaired) electrons. The van der Waals surface area contributed by atoms with Crippen LogP contribution in [-0.2, 0) is 5.60 Å². The van der Waals surface area contributed by atoms with Crippen molar-refractivity contribution in [2.75, 3.05) is 0 Å². The van der Waals surface area contributed by atoms with Crippen molar-refractivity contribution >= 4 is 27.3 Å². The lowest BCUT2D eigenvalue weighted by Gasteiger charge is -2.58. The Morgan fingerprint density at radius 3 is 2.18 bits per heavy atom. The summed E-state index contributed by atoms with van der Waals surface area (Å²) in [6.07, 6.45) is 6.47. The highest BCUT2D eigenvalue weighted by Crippen LogP contribution is 2.63. The van der Waals surface area contributed by atoms with E-state index in [0.29, 0.717) is 11.8 Å². The third kappa shape index (κ3) is 1.39. The van der Waals surface area contributed by atoms with Gasteiger partial charge in [0.15, 0.2) is 0 Å². The van der Waals surface area contributed by atoms with Gasteiger partial charge in [-0.05, 0) is 83.2 Å². The number of hydrogen-bond acceptors (Lipinski definition) is 2. The molecular weight excluding hydrogens is 296 g/mol. The molecule has 1 N–H and O–H groups in total. The zero-order valence-corrected chi connectivity index (χ0v) is 12.1. The second-order valence-corrected chi connectivity index (χ2v) is 8.00. The van der Waals surface area contributed by atoms with Crippen LogP contribution in [0.4, 0.5) is 0 Å². The summed E-state index contributed by atoms with van der Waals surface area (Å²) in [7, 11) is 0. The first-order chi connectivity index (χ1) is 8.18. The highest BCUT2D eigenvalue weighted by Gasteiger charge is 2.58. The van der Waals surface area contributed by atoms with Gasteiger partial charge in [0.25, 0.3) is 0 Å². The molecule has 1 nitrogen and oxygen atoms in total. The fourth-order valence-corrected chi connectivity index (χ4v) is 6.80. The van der Waals surface area contributed by atoms with Gasteiger partial charge in [0.1, 0.15) is 5.60 Å². The molecule has 0 spiro atoms. The Kier molecular flexibility index (Phi) is 2.32. The van der Waals surface area contributed by atoms with E-state index in [9.17, 15) is 5.11 Å². The molecular formula is C14H17BrOS. The topological polar surface area (TPSA) is 20.2 Å². The highest BCUT2D eigenvalue weighted by atomic mass is 79.9. The first-order valence-electron chi connectivity index (χ1n) is 6.63. The van der Waals surface area contributed by atoms with Crippen molar-refractivity contribution in [2.24, 2.45) is 23.7 Å². The summed E-state index contributed by atoms with van der Waals surface area (Å²) in [5.74, 6) is 2.87. The van der Waals surface area contributed by atoms with E-state index >= 15 is 0 Å². The summed E-state index contributed by atoms with van der Waals surface area (Å²) < 4.78 is 1.12. The number of aliphatic hydroxyl groups is 1. The molecule has 4 aliphatic rings. The lowest BCUT2D eigenvalue weighted by molar-refractivity contribution is -0.177. The monoisotopic (exact) mass is 312 g/mol. The molecule has 0 saturated heterocycles. The van der Waals surface area contributed by atoms with Crippen LogP contribution in [0.2, 0.25) is 0 Å². The van der Waals surface area contributed by atoms with E-state index < -0.39 is 5.60 Å². The van der Waals surface area contributed by atoms with E-state index in [2.05, 4.69) is 27.4 Å². The Morgan fingerprint density at radius 1 is 1.12 bits per heavy atom. The van der Waals surface area contributed by atoms with E-state index in [0.717, 1.165) is 16.3 Å². The molecule has 5 rings (SSSR count). The van der Waals surface area contributed by atoms with Crippen molar-refractivity contribution in [3.05, 3.63) is 20.8 Å². The van der Waals surface area contributed by atoms with Crippen molar-refractivity contribution in [1.82, 2.24) is 0 Å². The van der Waals surface area contributed by atoms with Crippen molar-refractivity contribution in [3.63, 3.8) is 0 Å². The van der Waals surface area contributed by atoms with Crippen molar-refractivity contribution < 1.29 is 5.11 Å². The quantitative estimate of drug-likeness (QED) is 0.825. The maximum atomic E-state index is 11.3. The molecule has 17 heavy (non-hydrogen) atoms. The van der Waals surface area contributed by atoms with Crippen LogP contribution in [0.15, 0.2) is 15.9 Å². The zero-order valence-electron chi connectivity index (χ0n) is 9.73. The predicted octanol–water partition coefficient (Wildman–Crippen LogP) is 4.15. The molecule has 3 heteroatoms. The smallest absolute Gasteiger partial charge is 0.105 e. The van der Waals surface area contributed by atoms with Crippen LogP contribution >= 0.6 is 27.3 Å². The summed E-state index contributed by atoms with van der Waals surface area (Å²) in [4.78, 5) is 1.20. The van der Waals surface area contributed by atoms with E-state index in [-0.39, 0.29) is 0 Å². The molecule has 1 aromatic rings. The van der Waals surface area contributed by atoms with Crippen LogP contribution < -0.4 is 0 Å². The van der Waals surface area contributed by atoms with Crippen LogP contribution in [0.1, 0.15) is 37.0 Å². The molecule has 0 amide bonds. The largest absolute Gasteiger partial charge is 0.384 e. The molecule has 0 aromatic carbocycles. The van der Waals surface area contributed by atoms with E-state index in [4.69, 9.17) is 0 Å². The van der Waals surface area contributed by atoms with Crippen LogP contribution in [0.25, 0.3) is 0 Å². The minimum absolute atomic E-state index is 0.513. The molecule has 1 aromatic heterocycles. The highest BCUT2D eigenvalue weighted by molar-refractivity contribution is 9.10. The molecule has 0 unspecified atom stereocenters. The molecule has 0 atom stereocenters. The maximum absolute atomic E-state index is 11.3. The van der Waals surface area contributed by atoms with Gasteiger partial charge in [0, 0.05) is 4.47 Å². The van der Waals surface area contributed by atoms with Gasteiger partial charge < -0.3 is 5.11 Å². The van der Waals surface area contributed by atoms with Gasteiger partial charge in [-0.1, -0.05) is 0 Å². The fraction of sp³-hybridized carbons (Fsp3) is 0.714. The standard InChI is InChI=1S/C14H17BrOS/c15-12-1-2-17-13(12)14(16)10-4-8-3-9(6-10)7-11(14)5-8/h1-2,8-11,16H,3-7H2. The molecule has 1 heterocycles. The predicted molar refractivity (Wildman–Crippen MR) is 73.0 cm³/mol. The van der Waals surface area contributed by atoms with Gasteiger partial charge >= 0.3 is 0 Å². The van der Waals surface area contributed by atoms with Crippen molar-refractivity contribution in [3.8, 4) is 0 Å². The first-order valence-corrected chi connectivity index (χ1v) is 8.31. The third-order valence-electron chi connectivity index (χ3n) is 5.36. The van der Waals surface area contributed by atoms with Gasteiger partial charge in [0.05, 0.1) is 4.88 Å². The average molecular weight is 313 g/mol. The van der Waals surface area contributed by atoms with Crippen molar-refractivity contribution in [2.45, 2.75) is 37.7 Å². The summed E-state index contributed by atoms with van der Waals surface area (Å²) in [6.45, 7) is 0. The lowest BCUT2D eigenvalue weighted by Crippen LogP contribution is -2.55. The maximum Gasteiger partial charge on any atom is 0.105 e. The minimum Gasteiger partial charge on any atom is -0.384 e. The number of hydrogen-bond donors (Lipinski definition) is 1. The molecule has 92 valence electrons. The number of thiophene rings is 1. The summed E-state index contributed by atoms with van der Waals surface area (Å²) in [5.41, 5.74) is -0.513. The normalized spacial score (nSPS) is 47.6. The Labute approximate surface area is 114 Å². The van der Waals surface area contributed by atoms with Crippen molar-refractivity contribution in [1.29, 1.82) is 0 Å². The Bertz CT molecular complexity index is 425. The zero-order chi connectivity index (χ0) is 11.6. The SMILES string of the molecule is OC1(c2sccc2Br)C2CC3CC(C2)CC1C3. The van der Waals surface area contributed by atoms with Gasteiger partial charge in [-0.15, -0.1) is 11.3 Å². The number of rotatable bonds is 1. The Balaban J connectivity index is 1.81. The molecule has 0 aliphatic heterocycles. The van der Waals surface area contributed by atoms with E-state index in [1.54, 1.807) is 11.3 Å². The summed E-state index contributed by atoms with van der Waals surface area (Å²) >= 11 is 5.35. The second kappa shape index (κ2) is 3.58. The lowest BCUT2D eigenvalue weighted by atomic mass is 9.49. The van der Waals surface area contributed by atoms with Gasteiger partial charge in [-0.2, -0.15) is 0 Å². The third-order valence-corrected chi connectivity index (χ3v) is 7.34. The van der Waals surface area contributed by atoms with E-state index in [1.807, 2.05) is 0 Å². The Hall–Kier alpha value is 0.140. The minimum atomic E-state index is -0.513. The Morgan fingerprint density at radius 2 is 1.71 bits per heavy atom. The van der Waals surface area contributed by atoms with E-state index in [1.165, 1.54) is 37.0 Å². The molecule has 4 bridgehead atoms. The number of halogens is 1. The first kappa shape index (κ1) is 11.0. The van der Waals surface area contributed by atoms with Crippen LogP contribution in [-0.4, -0.2) is 5.11 Å². The van der Waals surface area contributed by atoms with Gasteiger partial charge in [-0.3, -0.25) is 0 Å². The average Bonchev–Trinajstić information content (AvgIpc) is 2.71. The van der Waals surface area contributed by atoms with Gasteiger partial charge in [0.2, 0.25) is 0 Å². The van der Waals surface area contributed by atoms with Crippen LogP contribution in [0, 0.1) is 23.7 Å².